The first-order chi connectivity index (χ1) is 14.3. The second-order valence-corrected chi connectivity index (χ2v) is 6.85. The van der Waals surface area contributed by atoms with Gasteiger partial charge in [0.2, 0.25) is 5.91 Å². The molecule has 3 aromatic rings. The SMILES string of the molecule is CNC(=O)[C@H](C)NC(=O)c1ccc(-c2ccc(NC(=O)c3cc(C)c(C)o3)cc2)o1. The smallest absolute Gasteiger partial charge is 0.291 e. The van der Waals surface area contributed by atoms with Gasteiger partial charge in [0.15, 0.2) is 11.5 Å². The zero-order chi connectivity index (χ0) is 21.8. The van der Waals surface area contributed by atoms with Crippen molar-refractivity contribution in [2.75, 3.05) is 12.4 Å². The minimum absolute atomic E-state index is 0.0988. The van der Waals surface area contributed by atoms with Gasteiger partial charge in [-0.15, -0.1) is 0 Å². The molecule has 30 heavy (non-hydrogen) atoms. The number of anilines is 1. The van der Waals surface area contributed by atoms with Crippen molar-refractivity contribution in [3.8, 4) is 11.3 Å². The van der Waals surface area contributed by atoms with Crippen molar-refractivity contribution in [2.45, 2.75) is 26.8 Å². The van der Waals surface area contributed by atoms with Gasteiger partial charge in [-0.3, -0.25) is 14.4 Å². The first-order valence-corrected chi connectivity index (χ1v) is 9.39. The third-order valence-electron chi connectivity index (χ3n) is 4.63. The summed E-state index contributed by atoms with van der Waals surface area (Å²) >= 11 is 0. The molecule has 0 aliphatic heterocycles. The lowest BCUT2D eigenvalue weighted by molar-refractivity contribution is -0.122. The van der Waals surface area contributed by atoms with E-state index >= 15 is 0 Å². The van der Waals surface area contributed by atoms with Gasteiger partial charge >= 0.3 is 0 Å². The number of hydrogen-bond donors (Lipinski definition) is 3. The van der Waals surface area contributed by atoms with Crippen LogP contribution in [0.1, 0.15) is 39.4 Å². The molecule has 3 rings (SSSR count). The summed E-state index contributed by atoms with van der Waals surface area (Å²) < 4.78 is 11.0. The number of likely N-dealkylation sites (N-methyl/N-ethyl adjacent to an activating group) is 1. The number of carbonyl (C=O) groups is 3. The third-order valence-corrected chi connectivity index (χ3v) is 4.63. The number of benzene rings is 1. The summed E-state index contributed by atoms with van der Waals surface area (Å²) in [5.41, 5.74) is 2.24. The number of carbonyl (C=O) groups excluding carboxylic acids is 3. The van der Waals surface area contributed by atoms with Crippen LogP contribution in [0.25, 0.3) is 11.3 Å². The van der Waals surface area contributed by atoms with Crippen molar-refractivity contribution in [3.63, 3.8) is 0 Å². The molecule has 2 heterocycles. The molecule has 0 saturated heterocycles. The molecular formula is C22H23N3O5. The molecule has 2 aromatic heterocycles. The van der Waals surface area contributed by atoms with E-state index in [2.05, 4.69) is 16.0 Å². The van der Waals surface area contributed by atoms with Crippen molar-refractivity contribution in [2.24, 2.45) is 0 Å². The summed E-state index contributed by atoms with van der Waals surface area (Å²) in [5.74, 6) is 0.434. The fraction of sp³-hybridized carbons (Fsp3) is 0.227. The molecule has 0 radical (unpaired) electrons. The van der Waals surface area contributed by atoms with E-state index in [0.29, 0.717) is 17.2 Å². The van der Waals surface area contributed by atoms with Crippen LogP contribution >= 0.6 is 0 Å². The van der Waals surface area contributed by atoms with Crippen LogP contribution in [0.2, 0.25) is 0 Å². The first kappa shape index (κ1) is 20.9. The molecule has 8 heteroatoms. The van der Waals surface area contributed by atoms with E-state index in [1.165, 1.54) is 7.05 Å². The van der Waals surface area contributed by atoms with Crippen molar-refractivity contribution >= 4 is 23.4 Å². The van der Waals surface area contributed by atoms with Crippen LogP contribution in [0.15, 0.2) is 51.3 Å². The summed E-state index contributed by atoms with van der Waals surface area (Å²) in [6, 6.07) is 11.2. The third kappa shape index (κ3) is 4.60. The van der Waals surface area contributed by atoms with Gasteiger partial charge in [-0.1, -0.05) is 0 Å². The summed E-state index contributed by atoms with van der Waals surface area (Å²) in [6.07, 6.45) is 0. The molecule has 0 bridgehead atoms. The first-order valence-electron chi connectivity index (χ1n) is 9.39. The molecule has 0 aliphatic carbocycles. The van der Waals surface area contributed by atoms with Gasteiger partial charge in [0.1, 0.15) is 17.6 Å². The highest BCUT2D eigenvalue weighted by Crippen LogP contribution is 2.24. The number of aryl methyl sites for hydroxylation is 2. The van der Waals surface area contributed by atoms with E-state index in [0.717, 1.165) is 11.1 Å². The Bertz CT molecular complexity index is 1060. The highest BCUT2D eigenvalue weighted by atomic mass is 16.4. The maximum absolute atomic E-state index is 12.3. The van der Waals surface area contributed by atoms with E-state index < -0.39 is 11.9 Å². The number of nitrogens with one attached hydrogen (secondary N) is 3. The average molecular weight is 409 g/mol. The number of hydrogen-bond acceptors (Lipinski definition) is 5. The fourth-order valence-electron chi connectivity index (χ4n) is 2.76. The van der Waals surface area contributed by atoms with Crippen LogP contribution in [0.3, 0.4) is 0 Å². The Balaban J connectivity index is 1.66. The van der Waals surface area contributed by atoms with Gasteiger partial charge in [0.05, 0.1) is 0 Å². The fourth-order valence-corrected chi connectivity index (χ4v) is 2.76. The van der Waals surface area contributed by atoms with E-state index in [4.69, 9.17) is 8.83 Å². The van der Waals surface area contributed by atoms with Crippen LogP contribution in [-0.4, -0.2) is 30.8 Å². The maximum atomic E-state index is 12.3. The molecule has 0 aliphatic rings. The zero-order valence-electron chi connectivity index (χ0n) is 17.2. The molecule has 0 unspecified atom stereocenters. The quantitative estimate of drug-likeness (QED) is 0.578. The predicted octanol–water partition coefficient (Wildman–Crippen LogP) is 3.27. The highest BCUT2D eigenvalue weighted by molar-refractivity contribution is 6.02. The summed E-state index contributed by atoms with van der Waals surface area (Å²) in [6.45, 7) is 5.26. The van der Waals surface area contributed by atoms with E-state index in [9.17, 15) is 14.4 Å². The van der Waals surface area contributed by atoms with Gasteiger partial charge in [-0.05, 0) is 68.8 Å². The van der Waals surface area contributed by atoms with Crippen molar-refractivity contribution in [1.29, 1.82) is 0 Å². The molecule has 3 amide bonds. The Kier molecular flexibility index (Phi) is 6.06. The van der Waals surface area contributed by atoms with Gasteiger partial charge in [-0.2, -0.15) is 0 Å². The standard InChI is InChI=1S/C22H23N3O5/c1-12-11-19(29-14(12)3)22(28)25-16-7-5-15(6-8-16)17-9-10-18(30-17)21(27)24-13(2)20(26)23-4/h5-11,13H,1-4H3,(H,23,26)(H,24,27)(H,25,28)/t13-/m0/s1. The summed E-state index contributed by atoms with van der Waals surface area (Å²) in [4.78, 5) is 36.0. The Labute approximate surface area is 173 Å². The average Bonchev–Trinajstić information content (AvgIpc) is 3.35. The predicted molar refractivity (Wildman–Crippen MR) is 111 cm³/mol. The summed E-state index contributed by atoms with van der Waals surface area (Å²) in [5, 5.41) is 7.80. The Morgan fingerprint density at radius 1 is 0.900 bits per heavy atom. The van der Waals surface area contributed by atoms with Crippen LogP contribution in [0.4, 0.5) is 5.69 Å². The molecule has 8 nitrogen and oxygen atoms in total. The topological polar surface area (TPSA) is 114 Å². The second kappa shape index (κ2) is 8.69. The lowest BCUT2D eigenvalue weighted by Crippen LogP contribution is -2.43. The summed E-state index contributed by atoms with van der Waals surface area (Å²) in [7, 11) is 1.50. The number of furan rings is 2. The van der Waals surface area contributed by atoms with E-state index in [-0.39, 0.29) is 23.3 Å². The minimum Gasteiger partial charge on any atom is -0.456 e. The normalized spacial score (nSPS) is 11.6. The van der Waals surface area contributed by atoms with Crippen molar-refractivity contribution in [3.05, 3.63) is 65.3 Å². The lowest BCUT2D eigenvalue weighted by Gasteiger charge is -2.10. The van der Waals surface area contributed by atoms with Crippen LogP contribution in [0.5, 0.6) is 0 Å². The molecule has 0 spiro atoms. The monoisotopic (exact) mass is 409 g/mol. The highest BCUT2D eigenvalue weighted by Gasteiger charge is 2.18. The molecule has 1 atom stereocenters. The maximum Gasteiger partial charge on any atom is 0.291 e. The number of rotatable bonds is 6. The molecule has 3 N–H and O–H groups in total. The molecule has 0 fully saturated rings. The van der Waals surface area contributed by atoms with Crippen molar-refractivity contribution < 1.29 is 23.2 Å². The second-order valence-electron chi connectivity index (χ2n) is 6.85. The van der Waals surface area contributed by atoms with E-state index in [1.807, 2.05) is 6.92 Å². The van der Waals surface area contributed by atoms with Crippen LogP contribution in [-0.2, 0) is 4.79 Å². The van der Waals surface area contributed by atoms with Crippen LogP contribution < -0.4 is 16.0 Å². The van der Waals surface area contributed by atoms with Crippen molar-refractivity contribution in [1.82, 2.24) is 10.6 Å². The van der Waals surface area contributed by atoms with Gasteiger partial charge in [-0.25, -0.2) is 0 Å². The Morgan fingerprint density at radius 3 is 2.20 bits per heavy atom. The van der Waals surface area contributed by atoms with Gasteiger partial charge < -0.3 is 24.8 Å². The Hall–Kier alpha value is -3.81. The zero-order valence-corrected chi connectivity index (χ0v) is 17.2. The van der Waals surface area contributed by atoms with Crippen LogP contribution in [0, 0.1) is 13.8 Å². The minimum atomic E-state index is -0.680. The Morgan fingerprint density at radius 2 is 1.60 bits per heavy atom. The van der Waals surface area contributed by atoms with Gasteiger partial charge in [0.25, 0.3) is 11.8 Å². The molecule has 1 aromatic carbocycles. The number of amides is 3. The van der Waals surface area contributed by atoms with E-state index in [1.54, 1.807) is 56.3 Å². The van der Waals surface area contributed by atoms with Gasteiger partial charge in [0, 0.05) is 18.3 Å². The molecule has 156 valence electrons. The molecule has 0 saturated carbocycles. The largest absolute Gasteiger partial charge is 0.456 e. The lowest BCUT2D eigenvalue weighted by atomic mass is 10.1. The molecular weight excluding hydrogens is 386 g/mol.